The molecule has 3 atom stereocenters. The summed E-state index contributed by atoms with van der Waals surface area (Å²) in [6.07, 6.45) is 1.23. The fourth-order valence-corrected chi connectivity index (χ4v) is 5.18. The van der Waals surface area contributed by atoms with Gasteiger partial charge >= 0.3 is 0 Å². The Morgan fingerprint density at radius 1 is 1.10 bits per heavy atom. The van der Waals surface area contributed by atoms with Gasteiger partial charge in [0.1, 0.15) is 11.8 Å². The second kappa shape index (κ2) is 14.6. The van der Waals surface area contributed by atoms with Crippen LogP contribution in [0.4, 0.5) is 0 Å². The van der Waals surface area contributed by atoms with Gasteiger partial charge in [-0.2, -0.15) is 0 Å². The van der Waals surface area contributed by atoms with E-state index in [1.54, 1.807) is 6.92 Å². The minimum Gasteiger partial charge on any atom is -0.361 e. The zero-order valence-electron chi connectivity index (χ0n) is 24.0. The lowest BCUT2D eigenvalue weighted by Crippen LogP contribution is -2.53. The van der Waals surface area contributed by atoms with E-state index >= 15 is 0 Å². The zero-order chi connectivity index (χ0) is 30.1. The van der Waals surface area contributed by atoms with Gasteiger partial charge in [0.05, 0.1) is 12.6 Å². The third kappa shape index (κ3) is 7.92. The molecule has 224 valence electrons. The molecule has 0 spiro atoms. The third-order valence-corrected chi connectivity index (χ3v) is 7.29. The number of fused-ring (bicyclic) bond motifs is 1. The maximum absolute atomic E-state index is 13.4. The van der Waals surface area contributed by atoms with Crippen molar-refractivity contribution in [1.82, 2.24) is 26.4 Å². The Hall–Kier alpha value is -4.29. The molecule has 1 aliphatic rings. The van der Waals surface area contributed by atoms with Gasteiger partial charge in [-0.1, -0.05) is 47.6 Å². The highest BCUT2D eigenvalue weighted by Crippen LogP contribution is 2.21. The van der Waals surface area contributed by atoms with Crippen LogP contribution in [0.25, 0.3) is 10.8 Å². The molecule has 4 N–H and O–H groups in total. The third-order valence-electron chi connectivity index (χ3n) is 7.29. The predicted octanol–water partition coefficient (Wildman–Crippen LogP) is 1.61. The molecule has 0 radical (unpaired) electrons. The number of piperidine rings is 1. The van der Waals surface area contributed by atoms with Gasteiger partial charge in [-0.3, -0.25) is 19.2 Å². The van der Waals surface area contributed by atoms with E-state index in [2.05, 4.69) is 26.4 Å². The van der Waals surface area contributed by atoms with Crippen LogP contribution in [0.2, 0.25) is 0 Å². The van der Waals surface area contributed by atoms with Crippen LogP contribution in [0.15, 0.2) is 53.1 Å². The monoisotopic (exact) mass is 579 g/mol. The SMILES string of the molecule is COC(OC)C(C[C@@H]1CCCNC1=O)NC(=O)CNC(=O)[C@H](Cc1cccc2ccccc12)NC(=O)c1cc(C)on1. The van der Waals surface area contributed by atoms with Crippen LogP contribution in [-0.2, 0) is 30.3 Å². The molecule has 1 unspecified atom stereocenters. The fraction of sp³-hybridized carbons (Fsp3) is 0.433. The standard InChI is InChI=1S/C30H37N5O7/c1-18-14-24(35-42-18)29(39)34-23(15-20-10-6-9-19-8-4-5-12-22(19)20)28(38)32-17-26(36)33-25(30(40-2)41-3)16-21-11-7-13-31-27(21)37/h4-6,8-10,12,14,21,23,25,30H,7,11,13,15-17H2,1-3H3,(H,31,37)(H,32,38)(H,33,36)(H,34,39)/t21-,23-,25?/m0/s1. The Bertz CT molecular complexity index is 1400. The highest BCUT2D eigenvalue weighted by Gasteiger charge is 2.31. The number of carbonyl (C=O) groups is 4. The summed E-state index contributed by atoms with van der Waals surface area (Å²) >= 11 is 0. The summed E-state index contributed by atoms with van der Waals surface area (Å²) < 4.78 is 15.8. The molecule has 4 amide bonds. The molecular formula is C30H37N5O7. The highest BCUT2D eigenvalue weighted by atomic mass is 16.7. The summed E-state index contributed by atoms with van der Waals surface area (Å²) in [5, 5.41) is 16.7. The Kier molecular flexibility index (Phi) is 10.6. The van der Waals surface area contributed by atoms with Crippen molar-refractivity contribution >= 4 is 34.4 Å². The second-order valence-corrected chi connectivity index (χ2v) is 10.3. The average molecular weight is 580 g/mol. The maximum Gasteiger partial charge on any atom is 0.274 e. The number of rotatable bonds is 13. The summed E-state index contributed by atoms with van der Waals surface area (Å²) in [6.45, 7) is 1.93. The van der Waals surface area contributed by atoms with Crippen molar-refractivity contribution in [3.05, 3.63) is 65.5 Å². The first-order chi connectivity index (χ1) is 20.3. The number of aromatic nitrogens is 1. The van der Waals surface area contributed by atoms with Crippen LogP contribution >= 0.6 is 0 Å². The van der Waals surface area contributed by atoms with Crippen molar-refractivity contribution in [1.29, 1.82) is 0 Å². The van der Waals surface area contributed by atoms with E-state index in [1.165, 1.54) is 20.3 Å². The largest absolute Gasteiger partial charge is 0.361 e. The van der Waals surface area contributed by atoms with Crippen molar-refractivity contribution in [2.24, 2.45) is 5.92 Å². The highest BCUT2D eigenvalue weighted by molar-refractivity contribution is 5.97. The first kappa shape index (κ1) is 30.7. The van der Waals surface area contributed by atoms with Crippen molar-refractivity contribution in [3.8, 4) is 0 Å². The van der Waals surface area contributed by atoms with E-state index < -0.39 is 36.1 Å². The average Bonchev–Trinajstić information content (AvgIpc) is 3.43. The van der Waals surface area contributed by atoms with Crippen LogP contribution in [0.1, 0.15) is 41.1 Å². The minimum atomic E-state index is -1.01. The van der Waals surface area contributed by atoms with Gasteiger partial charge in [0, 0.05) is 39.2 Å². The molecule has 1 saturated heterocycles. The molecule has 3 aromatic rings. The van der Waals surface area contributed by atoms with E-state index in [1.807, 2.05) is 42.5 Å². The topological polar surface area (TPSA) is 161 Å². The van der Waals surface area contributed by atoms with E-state index in [0.717, 1.165) is 22.8 Å². The van der Waals surface area contributed by atoms with Crippen molar-refractivity contribution in [2.45, 2.75) is 51.0 Å². The number of carbonyl (C=O) groups excluding carboxylic acids is 4. The molecule has 12 heteroatoms. The second-order valence-electron chi connectivity index (χ2n) is 10.3. The summed E-state index contributed by atoms with van der Waals surface area (Å²) in [5.41, 5.74) is 0.893. The number of nitrogens with one attached hydrogen (secondary N) is 4. The Balaban J connectivity index is 1.45. The number of nitrogens with zero attached hydrogens (tertiary/aromatic N) is 1. The van der Waals surface area contributed by atoms with Gasteiger partial charge in [0.15, 0.2) is 12.0 Å². The van der Waals surface area contributed by atoms with Crippen molar-refractivity contribution < 1.29 is 33.2 Å². The molecule has 4 rings (SSSR count). The van der Waals surface area contributed by atoms with Gasteiger partial charge in [-0.25, -0.2) is 0 Å². The van der Waals surface area contributed by atoms with E-state index in [0.29, 0.717) is 25.1 Å². The Morgan fingerprint density at radius 3 is 2.57 bits per heavy atom. The first-order valence-corrected chi connectivity index (χ1v) is 13.9. The minimum absolute atomic E-state index is 0.0423. The molecule has 0 aliphatic carbocycles. The first-order valence-electron chi connectivity index (χ1n) is 13.9. The molecule has 2 aromatic carbocycles. The molecule has 1 fully saturated rings. The summed E-state index contributed by atoms with van der Waals surface area (Å²) in [5.74, 6) is -1.54. The Labute approximate surface area is 243 Å². The van der Waals surface area contributed by atoms with E-state index in [9.17, 15) is 19.2 Å². The number of methoxy groups -OCH3 is 2. The van der Waals surface area contributed by atoms with Crippen molar-refractivity contribution in [3.63, 3.8) is 0 Å². The van der Waals surface area contributed by atoms with Crippen LogP contribution < -0.4 is 21.3 Å². The van der Waals surface area contributed by atoms with Gasteiger partial charge in [-0.05, 0) is 42.5 Å². The van der Waals surface area contributed by atoms with E-state index in [-0.39, 0.29) is 30.5 Å². The van der Waals surface area contributed by atoms with Crippen molar-refractivity contribution in [2.75, 3.05) is 27.3 Å². The zero-order valence-corrected chi connectivity index (χ0v) is 24.0. The molecule has 0 bridgehead atoms. The molecule has 12 nitrogen and oxygen atoms in total. The van der Waals surface area contributed by atoms with Gasteiger partial charge in [0.2, 0.25) is 17.7 Å². The summed E-state index contributed by atoms with van der Waals surface area (Å²) in [6, 6.07) is 13.3. The normalized spacial score (nSPS) is 16.5. The van der Waals surface area contributed by atoms with Gasteiger partial charge in [-0.15, -0.1) is 0 Å². The Morgan fingerprint density at radius 2 is 1.86 bits per heavy atom. The van der Waals surface area contributed by atoms with E-state index in [4.69, 9.17) is 14.0 Å². The predicted molar refractivity (Wildman–Crippen MR) is 153 cm³/mol. The van der Waals surface area contributed by atoms with Crippen LogP contribution in [-0.4, -0.2) is 74.5 Å². The lowest BCUT2D eigenvalue weighted by molar-refractivity contribution is -0.143. The summed E-state index contributed by atoms with van der Waals surface area (Å²) in [4.78, 5) is 51.6. The lowest BCUT2D eigenvalue weighted by atomic mass is 9.91. The molecule has 0 saturated carbocycles. The molecule has 2 heterocycles. The molecular weight excluding hydrogens is 542 g/mol. The van der Waals surface area contributed by atoms with Crippen LogP contribution in [0, 0.1) is 12.8 Å². The quantitative estimate of drug-likeness (QED) is 0.222. The van der Waals surface area contributed by atoms with Gasteiger partial charge < -0.3 is 35.3 Å². The number of benzene rings is 2. The van der Waals surface area contributed by atoms with Crippen LogP contribution in [0.3, 0.4) is 0 Å². The molecule has 1 aromatic heterocycles. The smallest absolute Gasteiger partial charge is 0.274 e. The summed E-state index contributed by atoms with van der Waals surface area (Å²) in [7, 11) is 2.90. The fourth-order valence-electron chi connectivity index (χ4n) is 5.18. The van der Waals surface area contributed by atoms with Gasteiger partial charge in [0.25, 0.3) is 5.91 Å². The molecule has 1 aliphatic heterocycles. The maximum atomic E-state index is 13.4. The van der Waals surface area contributed by atoms with Crippen LogP contribution in [0.5, 0.6) is 0 Å². The number of hydrogen-bond donors (Lipinski definition) is 4. The number of ether oxygens (including phenoxy) is 2. The number of aryl methyl sites for hydroxylation is 1. The number of hydrogen-bond acceptors (Lipinski definition) is 8. The lowest BCUT2D eigenvalue weighted by Gasteiger charge is -2.30. The molecule has 42 heavy (non-hydrogen) atoms. The number of amides is 4.